The zero-order valence-electron chi connectivity index (χ0n) is 8.33. The van der Waals surface area contributed by atoms with Gasteiger partial charge in [-0.2, -0.15) is 0 Å². The van der Waals surface area contributed by atoms with E-state index in [9.17, 15) is 4.39 Å². The van der Waals surface area contributed by atoms with E-state index < -0.39 is 5.82 Å². The molecule has 0 N–H and O–H groups in total. The van der Waals surface area contributed by atoms with E-state index in [-0.39, 0.29) is 5.75 Å². The predicted octanol–water partition coefficient (Wildman–Crippen LogP) is 3.73. The van der Waals surface area contributed by atoms with Gasteiger partial charge in [0.25, 0.3) is 0 Å². The van der Waals surface area contributed by atoms with E-state index in [0.717, 1.165) is 5.56 Å². The van der Waals surface area contributed by atoms with Gasteiger partial charge in [0, 0.05) is 6.07 Å². The van der Waals surface area contributed by atoms with Gasteiger partial charge in [-0.25, -0.2) is 4.39 Å². The highest BCUT2D eigenvalue weighted by atomic mass is 19.1. The van der Waals surface area contributed by atoms with Crippen LogP contribution in [0.1, 0.15) is 5.56 Å². The van der Waals surface area contributed by atoms with Crippen LogP contribution in [0.5, 0.6) is 11.5 Å². The van der Waals surface area contributed by atoms with Crippen molar-refractivity contribution in [3.63, 3.8) is 0 Å². The van der Waals surface area contributed by atoms with Crippen molar-refractivity contribution in [1.29, 1.82) is 0 Å². The highest BCUT2D eigenvalue weighted by Gasteiger charge is 2.04. The molecular formula is C13H10FO. The van der Waals surface area contributed by atoms with Crippen LogP contribution in [0.3, 0.4) is 0 Å². The maximum absolute atomic E-state index is 13.2. The van der Waals surface area contributed by atoms with Crippen molar-refractivity contribution < 1.29 is 9.13 Å². The van der Waals surface area contributed by atoms with E-state index in [4.69, 9.17) is 4.74 Å². The molecule has 0 aliphatic heterocycles. The molecule has 0 unspecified atom stereocenters. The number of aryl methyl sites for hydroxylation is 1. The summed E-state index contributed by atoms with van der Waals surface area (Å²) in [5.74, 6) is 0.392. The van der Waals surface area contributed by atoms with Crippen LogP contribution in [0.25, 0.3) is 0 Å². The molecule has 0 fully saturated rings. The molecule has 0 aliphatic carbocycles. The maximum Gasteiger partial charge on any atom is 0.173 e. The highest BCUT2D eigenvalue weighted by molar-refractivity contribution is 5.37. The molecule has 1 nitrogen and oxygen atoms in total. The van der Waals surface area contributed by atoms with Gasteiger partial charge in [0.05, 0.1) is 0 Å². The average molecular weight is 201 g/mol. The lowest BCUT2D eigenvalue weighted by molar-refractivity contribution is 0.439. The summed E-state index contributed by atoms with van der Waals surface area (Å²) in [6.07, 6.45) is 0. The number of para-hydroxylation sites is 1. The van der Waals surface area contributed by atoms with E-state index in [2.05, 4.69) is 6.07 Å². The zero-order valence-corrected chi connectivity index (χ0v) is 8.33. The minimum Gasteiger partial charge on any atom is -0.454 e. The molecule has 1 radical (unpaired) electrons. The van der Waals surface area contributed by atoms with E-state index in [1.807, 2.05) is 31.2 Å². The van der Waals surface area contributed by atoms with Gasteiger partial charge in [0.2, 0.25) is 0 Å². The largest absolute Gasteiger partial charge is 0.454 e. The molecule has 0 aliphatic rings. The van der Waals surface area contributed by atoms with Gasteiger partial charge in [0.1, 0.15) is 5.75 Å². The fourth-order valence-corrected chi connectivity index (χ4v) is 1.27. The first kappa shape index (κ1) is 9.71. The van der Waals surface area contributed by atoms with Crippen LogP contribution in [0.2, 0.25) is 0 Å². The first-order valence-electron chi connectivity index (χ1n) is 4.67. The lowest BCUT2D eigenvalue weighted by atomic mass is 10.2. The number of hydrogen-bond donors (Lipinski definition) is 0. The van der Waals surface area contributed by atoms with Gasteiger partial charge in [-0.05, 0) is 24.6 Å². The van der Waals surface area contributed by atoms with Gasteiger partial charge < -0.3 is 4.74 Å². The molecule has 0 saturated heterocycles. The summed E-state index contributed by atoms with van der Waals surface area (Å²) >= 11 is 0. The fraction of sp³-hybridized carbons (Fsp3) is 0.0769. The third kappa shape index (κ3) is 2.15. The van der Waals surface area contributed by atoms with Gasteiger partial charge >= 0.3 is 0 Å². The predicted molar refractivity (Wildman–Crippen MR) is 56.5 cm³/mol. The van der Waals surface area contributed by atoms with E-state index in [0.29, 0.717) is 5.75 Å². The summed E-state index contributed by atoms with van der Waals surface area (Å²) in [6.45, 7) is 1.92. The lowest BCUT2D eigenvalue weighted by Crippen LogP contribution is -1.89. The summed E-state index contributed by atoms with van der Waals surface area (Å²) in [5.41, 5.74) is 0.973. The molecule has 0 heterocycles. The molecule has 2 heteroatoms. The Morgan fingerprint density at radius 1 is 1.07 bits per heavy atom. The minimum atomic E-state index is -0.472. The highest BCUT2D eigenvalue weighted by Crippen LogP contribution is 2.26. The van der Waals surface area contributed by atoms with Crippen LogP contribution in [0.15, 0.2) is 42.5 Å². The molecule has 2 rings (SSSR count). The average Bonchev–Trinajstić information content (AvgIpc) is 2.24. The van der Waals surface area contributed by atoms with Crippen molar-refractivity contribution >= 4 is 0 Å². The SMILES string of the molecule is Cc1ccccc1Oc1ccc[c]c1F. The molecule has 2 aromatic carbocycles. The molecular weight excluding hydrogens is 191 g/mol. The van der Waals surface area contributed by atoms with Gasteiger partial charge in [0.15, 0.2) is 11.6 Å². The Labute approximate surface area is 88.1 Å². The first-order valence-corrected chi connectivity index (χ1v) is 4.67. The lowest BCUT2D eigenvalue weighted by Gasteiger charge is -2.08. The third-order valence-electron chi connectivity index (χ3n) is 2.08. The Bertz CT molecular complexity index is 422. The van der Waals surface area contributed by atoms with Crippen LogP contribution < -0.4 is 4.74 Å². The molecule has 0 aromatic heterocycles. The normalized spacial score (nSPS) is 10.0. The summed E-state index contributed by atoms with van der Waals surface area (Å²) in [7, 11) is 0. The van der Waals surface area contributed by atoms with Crippen molar-refractivity contribution in [3.8, 4) is 11.5 Å². The van der Waals surface area contributed by atoms with Crippen LogP contribution >= 0.6 is 0 Å². The number of hydrogen-bond acceptors (Lipinski definition) is 1. The molecule has 0 spiro atoms. The molecule has 15 heavy (non-hydrogen) atoms. The molecule has 0 atom stereocenters. The summed E-state index contributed by atoms with van der Waals surface area (Å²) in [6, 6.07) is 14.7. The molecule has 0 bridgehead atoms. The van der Waals surface area contributed by atoms with Gasteiger partial charge in [-0.3, -0.25) is 0 Å². The van der Waals surface area contributed by atoms with Crippen molar-refractivity contribution in [1.82, 2.24) is 0 Å². The van der Waals surface area contributed by atoms with Crippen LogP contribution in [-0.4, -0.2) is 0 Å². The van der Waals surface area contributed by atoms with E-state index in [1.54, 1.807) is 12.1 Å². The summed E-state index contributed by atoms with van der Waals surface area (Å²) < 4.78 is 18.7. The minimum absolute atomic E-state index is 0.201. The Balaban J connectivity index is 2.30. The molecule has 0 saturated carbocycles. The van der Waals surface area contributed by atoms with Crippen LogP contribution in [0, 0.1) is 18.8 Å². The first-order chi connectivity index (χ1) is 7.27. The van der Waals surface area contributed by atoms with E-state index >= 15 is 0 Å². The molecule has 0 amide bonds. The Kier molecular flexibility index (Phi) is 2.68. The Hall–Kier alpha value is -1.83. The molecule has 2 aromatic rings. The number of benzene rings is 2. The van der Waals surface area contributed by atoms with E-state index in [1.165, 1.54) is 6.07 Å². The third-order valence-corrected chi connectivity index (χ3v) is 2.08. The Morgan fingerprint density at radius 2 is 1.80 bits per heavy atom. The summed E-state index contributed by atoms with van der Waals surface area (Å²) in [5, 5.41) is 0. The van der Waals surface area contributed by atoms with Gasteiger partial charge in [-0.15, -0.1) is 0 Å². The number of ether oxygens (including phenoxy) is 1. The smallest absolute Gasteiger partial charge is 0.173 e. The zero-order chi connectivity index (χ0) is 10.7. The standard InChI is InChI=1S/C13H10FO/c1-10-6-2-4-8-12(10)15-13-9-5-3-7-11(13)14/h2-6,8-9H,1H3. The fourth-order valence-electron chi connectivity index (χ4n) is 1.27. The van der Waals surface area contributed by atoms with Crippen molar-refractivity contribution in [2.45, 2.75) is 6.92 Å². The number of halogens is 1. The maximum atomic E-state index is 13.2. The second-order valence-electron chi connectivity index (χ2n) is 3.22. The van der Waals surface area contributed by atoms with Crippen molar-refractivity contribution in [2.24, 2.45) is 0 Å². The second kappa shape index (κ2) is 4.13. The summed E-state index contributed by atoms with van der Waals surface area (Å²) in [4.78, 5) is 0. The van der Waals surface area contributed by atoms with Crippen molar-refractivity contribution in [3.05, 3.63) is 59.9 Å². The monoisotopic (exact) mass is 201 g/mol. The van der Waals surface area contributed by atoms with Crippen LogP contribution in [-0.2, 0) is 0 Å². The molecule has 75 valence electrons. The second-order valence-corrected chi connectivity index (χ2v) is 3.22. The Morgan fingerprint density at radius 3 is 2.53 bits per heavy atom. The van der Waals surface area contributed by atoms with Crippen molar-refractivity contribution in [2.75, 3.05) is 0 Å². The van der Waals surface area contributed by atoms with Crippen LogP contribution in [0.4, 0.5) is 4.39 Å². The topological polar surface area (TPSA) is 9.23 Å². The number of rotatable bonds is 2. The van der Waals surface area contributed by atoms with Gasteiger partial charge in [-0.1, -0.05) is 30.3 Å². The quantitative estimate of drug-likeness (QED) is 0.719.